The normalized spacial score (nSPS) is 19.2. The van der Waals surface area contributed by atoms with Gasteiger partial charge in [0.2, 0.25) is 23.5 Å². The molecule has 10 heteroatoms. The van der Waals surface area contributed by atoms with Crippen LogP contribution >= 0.6 is 11.6 Å². The van der Waals surface area contributed by atoms with Crippen molar-refractivity contribution in [2.24, 2.45) is 13.0 Å². The summed E-state index contributed by atoms with van der Waals surface area (Å²) in [5.74, 6) is 0.168. The molecule has 3 aromatic rings. The highest BCUT2D eigenvalue weighted by Crippen LogP contribution is 2.35. The second-order valence-corrected chi connectivity index (χ2v) is 7.71. The van der Waals surface area contributed by atoms with Crippen LogP contribution in [0.4, 0.5) is 0 Å². The van der Waals surface area contributed by atoms with Gasteiger partial charge in [-0.25, -0.2) is 0 Å². The molecule has 0 aliphatic carbocycles. The number of rotatable bonds is 5. The number of aryl methyl sites for hydroxylation is 1. The average Bonchev–Trinajstić information content (AvgIpc) is 3.38. The first-order chi connectivity index (χ1) is 14.4. The largest absolute Gasteiger partial charge is 0.347 e. The van der Waals surface area contributed by atoms with Crippen LogP contribution in [0.25, 0.3) is 11.4 Å². The molecule has 1 aromatic carbocycles. The number of hydrogen-bond donors (Lipinski definition) is 1. The number of aromatic nitrogens is 4. The van der Waals surface area contributed by atoms with Crippen LogP contribution in [0, 0.1) is 5.92 Å². The molecule has 30 heavy (non-hydrogen) atoms. The van der Waals surface area contributed by atoms with Crippen LogP contribution in [0.5, 0.6) is 0 Å². The van der Waals surface area contributed by atoms with E-state index in [-0.39, 0.29) is 24.4 Å². The van der Waals surface area contributed by atoms with Crippen molar-refractivity contribution in [3.05, 3.63) is 53.1 Å². The van der Waals surface area contributed by atoms with Gasteiger partial charge in [0.1, 0.15) is 0 Å². The second-order valence-electron chi connectivity index (χ2n) is 7.28. The molecule has 1 saturated heterocycles. The first-order valence-corrected chi connectivity index (χ1v) is 9.90. The van der Waals surface area contributed by atoms with Gasteiger partial charge >= 0.3 is 0 Å². The Kier molecular flexibility index (Phi) is 5.54. The Balaban J connectivity index is 1.45. The van der Waals surface area contributed by atoms with Crippen LogP contribution in [0.2, 0.25) is 5.02 Å². The number of benzene rings is 1. The highest BCUT2D eigenvalue weighted by Gasteiger charge is 2.39. The van der Waals surface area contributed by atoms with Crippen molar-refractivity contribution in [1.29, 1.82) is 0 Å². The maximum atomic E-state index is 12.9. The van der Waals surface area contributed by atoms with E-state index in [0.717, 1.165) is 11.1 Å². The summed E-state index contributed by atoms with van der Waals surface area (Å²) >= 11 is 5.90. The number of carbonyl (C=O) groups is 2. The molecule has 2 aromatic heterocycles. The third-order valence-electron chi connectivity index (χ3n) is 5.25. The standard InChI is InChI=1S/C20H21ClN6O3/c1-26-11-13(9-23-26)18-15(7-8-17(28)27(18)2)20(29)22-10-16-24-19(25-30-16)12-3-5-14(21)6-4-12/h3-6,9,11,15,18H,7-8,10H2,1-2H3,(H,22,29). The molecule has 0 spiro atoms. The summed E-state index contributed by atoms with van der Waals surface area (Å²) in [6.07, 6.45) is 4.31. The molecule has 3 heterocycles. The molecule has 156 valence electrons. The second kappa shape index (κ2) is 8.27. The molecule has 1 aliphatic rings. The Morgan fingerprint density at radius 1 is 1.30 bits per heavy atom. The van der Waals surface area contributed by atoms with E-state index < -0.39 is 5.92 Å². The van der Waals surface area contributed by atoms with Gasteiger partial charge in [0.15, 0.2) is 0 Å². The predicted molar refractivity (Wildman–Crippen MR) is 108 cm³/mol. The topological polar surface area (TPSA) is 106 Å². The fraction of sp³-hybridized carbons (Fsp3) is 0.350. The fourth-order valence-electron chi connectivity index (χ4n) is 3.70. The van der Waals surface area contributed by atoms with Crippen LogP contribution in [0.1, 0.15) is 30.3 Å². The Morgan fingerprint density at radius 3 is 2.77 bits per heavy atom. The SMILES string of the molecule is CN1C(=O)CCC(C(=O)NCc2nc(-c3ccc(Cl)cc3)no2)C1c1cnn(C)c1. The first-order valence-electron chi connectivity index (χ1n) is 9.53. The molecule has 1 fully saturated rings. The summed E-state index contributed by atoms with van der Waals surface area (Å²) in [4.78, 5) is 31.1. The lowest BCUT2D eigenvalue weighted by Crippen LogP contribution is -2.46. The van der Waals surface area contributed by atoms with Crippen LogP contribution < -0.4 is 5.32 Å². The van der Waals surface area contributed by atoms with Gasteiger partial charge < -0.3 is 14.7 Å². The molecule has 2 unspecified atom stereocenters. The van der Waals surface area contributed by atoms with Crippen molar-refractivity contribution in [2.45, 2.75) is 25.4 Å². The summed E-state index contributed by atoms with van der Waals surface area (Å²) in [5, 5.41) is 11.6. The summed E-state index contributed by atoms with van der Waals surface area (Å²) in [6.45, 7) is 0.105. The smallest absolute Gasteiger partial charge is 0.246 e. The fourth-order valence-corrected chi connectivity index (χ4v) is 3.82. The van der Waals surface area contributed by atoms with E-state index in [1.165, 1.54) is 0 Å². The number of nitrogens with one attached hydrogen (secondary N) is 1. The van der Waals surface area contributed by atoms with Gasteiger partial charge in [-0.1, -0.05) is 16.8 Å². The summed E-state index contributed by atoms with van der Waals surface area (Å²) in [6, 6.07) is 6.71. The Labute approximate surface area is 178 Å². The number of likely N-dealkylation sites (tertiary alicyclic amines) is 1. The number of carbonyl (C=O) groups excluding carboxylic acids is 2. The van der Waals surface area contributed by atoms with Crippen LogP contribution in [0.15, 0.2) is 41.2 Å². The Bertz CT molecular complexity index is 1060. The van der Waals surface area contributed by atoms with E-state index in [1.807, 2.05) is 6.20 Å². The zero-order chi connectivity index (χ0) is 21.3. The summed E-state index contributed by atoms with van der Waals surface area (Å²) in [7, 11) is 3.52. The van der Waals surface area contributed by atoms with Crippen molar-refractivity contribution in [2.75, 3.05) is 7.05 Å². The first kappa shape index (κ1) is 20.1. The molecule has 1 aliphatic heterocycles. The van der Waals surface area contributed by atoms with Gasteiger partial charge in [0.05, 0.1) is 24.7 Å². The van der Waals surface area contributed by atoms with E-state index in [0.29, 0.717) is 29.6 Å². The van der Waals surface area contributed by atoms with E-state index in [4.69, 9.17) is 16.1 Å². The molecule has 0 radical (unpaired) electrons. The summed E-state index contributed by atoms with van der Waals surface area (Å²) in [5.41, 5.74) is 1.60. The van der Waals surface area contributed by atoms with Crippen molar-refractivity contribution < 1.29 is 14.1 Å². The molecule has 0 bridgehead atoms. The lowest BCUT2D eigenvalue weighted by atomic mass is 9.85. The Hall–Kier alpha value is -3.20. The minimum atomic E-state index is -0.393. The van der Waals surface area contributed by atoms with Gasteiger partial charge in [0.25, 0.3) is 0 Å². The minimum absolute atomic E-state index is 0.0115. The molecule has 0 saturated carbocycles. The molecule has 2 amide bonds. The summed E-state index contributed by atoms with van der Waals surface area (Å²) < 4.78 is 6.91. The molecule has 4 rings (SSSR count). The molecular formula is C20H21ClN6O3. The molecular weight excluding hydrogens is 408 g/mol. The maximum absolute atomic E-state index is 12.9. The van der Waals surface area contributed by atoms with Crippen molar-refractivity contribution in [1.82, 2.24) is 30.1 Å². The number of piperidine rings is 1. The lowest BCUT2D eigenvalue weighted by Gasteiger charge is -2.37. The van der Waals surface area contributed by atoms with E-state index in [9.17, 15) is 9.59 Å². The molecule has 2 atom stereocenters. The maximum Gasteiger partial charge on any atom is 0.246 e. The van der Waals surface area contributed by atoms with Crippen molar-refractivity contribution in [3.63, 3.8) is 0 Å². The van der Waals surface area contributed by atoms with Gasteiger partial charge in [-0.15, -0.1) is 0 Å². The quantitative estimate of drug-likeness (QED) is 0.668. The third-order valence-corrected chi connectivity index (χ3v) is 5.50. The van der Waals surface area contributed by atoms with E-state index in [2.05, 4.69) is 20.6 Å². The van der Waals surface area contributed by atoms with Gasteiger partial charge in [-0.05, 0) is 30.7 Å². The van der Waals surface area contributed by atoms with Crippen LogP contribution in [-0.4, -0.2) is 43.7 Å². The number of halogens is 1. The van der Waals surface area contributed by atoms with Crippen molar-refractivity contribution in [3.8, 4) is 11.4 Å². The van der Waals surface area contributed by atoms with Gasteiger partial charge in [-0.3, -0.25) is 14.3 Å². The molecule has 1 N–H and O–H groups in total. The zero-order valence-electron chi connectivity index (χ0n) is 16.6. The third kappa shape index (κ3) is 4.06. The van der Waals surface area contributed by atoms with Gasteiger partial charge in [-0.2, -0.15) is 10.1 Å². The van der Waals surface area contributed by atoms with E-state index >= 15 is 0 Å². The number of hydrogen-bond acceptors (Lipinski definition) is 6. The van der Waals surface area contributed by atoms with Crippen LogP contribution in [0.3, 0.4) is 0 Å². The zero-order valence-corrected chi connectivity index (χ0v) is 17.3. The van der Waals surface area contributed by atoms with Crippen molar-refractivity contribution >= 4 is 23.4 Å². The molecule has 9 nitrogen and oxygen atoms in total. The average molecular weight is 429 g/mol. The monoisotopic (exact) mass is 428 g/mol. The number of amides is 2. The minimum Gasteiger partial charge on any atom is -0.347 e. The lowest BCUT2D eigenvalue weighted by molar-refractivity contribution is -0.141. The predicted octanol–water partition coefficient (Wildman–Crippen LogP) is 2.35. The van der Waals surface area contributed by atoms with E-state index in [1.54, 1.807) is 54.1 Å². The van der Waals surface area contributed by atoms with Gasteiger partial charge in [0, 0.05) is 42.9 Å². The number of nitrogens with zero attached hydrogens (tertiary/aromatic N) is 5. The highest BCUT2D eigenvalue weighted by molar-refractivity contribution is 6.30. The highest BCUT2D eigenvalue weighted by atomic mass is 35.5. The van der Waals surface area contributed by atoms with Crippen LogP contribution in [-0.2, 0) is 23.2 Å². The Morgan fingerprint density at radius 2 is 2.07 bits per heavy atom.